The number of nitrogens with zero attached hydrogens (tertiary/aromatic N) is 2. The molecule has 0 radical (unpaired) electrons. The summed E-state index contributed by atoms with van der Waals surface area (Å²) in [6, 6.07) is 10.1. The topological polar surface area (TPSA) is 84.9 Å². The Balaban J connectivity index is 1.63. The number of hydrogen-bond acceptors (Lipinski definition) is 5. The fourth-order valence-electron chi connectivity index (χ4n) is 4.93. The van der Waals surface area contributed by atoms with Crippen LogP contribution < -0.4 is 10.6 Å². The Hall–Kier alpha value is -2.88. The fourth-order valence-corrected chi connectivity index (χ4v) is 4.93. The van der Waals surface area contributed by atoms with Crippen LogP contribution in [0.4, 0.5) is 8.78 Å². The van der Waals surface area contributed by atoms with Crippen molar-refractivity contribution in [3.8, 4) is 0 Å². The molecule has 0 bridgehead atoms. The van der Waals surface area contributed by atoms with Crippen LogP contribution in [0.5, 0.6) is 0 Å². The number of hydrogen-bond donors (Lipinski definition) is 3. The van der Waals surface area contributed by atoms with Crippen molar-refractivity contribution in [1.82, 2.24) is 20.4 Å². The highest BCUT2D eigenvalue weighted by atomic mass is 19.1. The van der Waals surface area contributed by atoms with Crippen LogP contribution in [0.15, 0.2) is 42.5 Å². The maximum Gasteiger partial charge on any atom is 0.239 e. The summed E-state index contributed by atoms with van der Waals surface area (Å²) in [5.74, 6) is -1.78. The predicted octanol–water partition coefficient (Wildman–Crippen LogP) is 3.04. The number of unbranched alkanes of at least 4 members (excludes halogenated alkanes) is 1. The average molecular weight is 545 g/mol. The van der Waals surface area contributed by atoms with Crippen molar-refractivity contribution >= 4 is 11.8 Å². The Labute approximate surface area is 230 Å². The number of halogens is 2. The van der Waals surface area contributed by atoms with Gasteiger partial charge in [-0.25, -0.2) is 8.78 Å². The first-order valence-corrected chi connectivity index (χ1v) is 13.9. The molecule has 2 aromatic carbocycles. The number of rotatable bonds is 14. The molecule has 1 heterocycles. The Kier molecular flexibility index (Phi) is 11.8. The van der Waals surface area contributed by atoms with E-state index in [0.717, 1.165) is 30.9 Å². The minimum atomic E-state index is -1.01. The number of carbonyl (C=O) groups excluding carboxylic acids is 2. The van der Waals surface area contributed by atoms with Gasteiger partial charge in [-0.2, -0.15) is 0 Å². The molecule has 2 aromatic rings. The molecule has 1 fully saturated rings. The zero-order valence-electron chi connectivity index (χ0n) is 23.3. The summed E-state index contributed by atoms with van der Waals surface area (Å²) in [5.41, 5.74) is 2.62. The van der Waals surface area contributed by atoms with Crippen molar-refractivity contribution in [3.63, 3.8) is 0 Å². The largest absolute Gasteiger partial charge is 0.390 e. The maximum atomic E-state index is 13.8. The van der Waals surface area contributed by atoms with Crippen LogP contribution in [-0.2, 0) is 29.0 Å². The van der Waals surface area contributed by atoms with Gasteiger partial charge < -0.3 is 20.6 Å². The van der Waals surface area contributed by atoms with E-state index >= 15 is 0 Å². The first-order valence-electron chi connectivity index (χ1n) is 13.9. The highest BCUT2D eigenvalue weighted by molar-refractivity contribution is 5.84. The van der Waals surface area contributed by atoms with E-state index in [1.54, 1.807) is 6.92 Å². The Morgan fingerprint density at radius 2 is 1.79 bits per heavy atom. The molecule has 0 aromatic heterocycles. The normalized spacial score (nSPS) is 17.7. The van der Waals surface area contributed by atoms with E-state index in [4.69, 9.17) is 0 Å². The zero-order chi connectivity index (χ0) is 28.4. The second kappa shape index (κ2) is 15.1. The van der Waals surface area contributed by atoms with Crippen LogP contribution in [0.2, 0.25) is 0 Å². The molecule has 2 amide bonds. The molecule has 0 saturated carbocycles. The van der Waals surface area contributed by atoms with Gasteiger partial charge in [-0.1, -0.05) is 44.5 Å². The highest BCUT2D eigenvalue weighted by Crippen LogP contribution is 2.14. The third-order valence-corrected chi connectivity index (χ3v) is 7.27. The van der Waals surface area contributed by atoms with Crippen LogP contribution in [0.1, 0.15) is 50.3 Å². The van der Waals surface area contributed by atoms with Crippen LogP contribution in [0.3, 0.4) is 0 Å². The van der Waals surface area contributed by atoms with Crippen molar-refractivity contribution < 1.29 is 23.5 Å². The summed E-state index contributed by atoms with van der Waals surface area (Å²) in [6.45, 7) is 8.51. The molecule has 1 aliphatic heterocycles. The summed E-state index contributed by atoms with van der Waals surface area (Å²) in [7, 11) is 0. The van der Waals surface area contributed by atoms with E-state index in [-0.39, 0.29) is 31.3 Å². The minimum absolute atomic E-state index is 0.00524. The summed E-state index contributed by atoms with van der Waals surface area (Å²) in [4.78, 5) is 29.5. The number of piperazine rings is 1. The van der Waals surface area contributed by atoms with Crippen molar-refractivity contribution in [2.45, 2.75) is 71.2 Å². The van der Waals surface area contributed by atoms with Crippen LogP contribution in [0.25, 0.3) is 0 Å². The number of aryl methyl sites for hydroxylation is 1. The smallest absolute Gasteiger partial charge is 0.239 e. The van der Waals surface area contributed by atoms with E-state index < -0.39 is 29.8 Å². The summed E-state index contributed by atoms with van der Waals surface area (Å²) < 4.78 is 27.7. The van der Waals surface area contributed by atoms with Crippen molar-refractivity contribution in [3.05, 3.63) is 70.8 Å². The van der Waals surface area contributed by atoms with Gasteiger partial charge in [0.2, 0.25) is 11.8 Å². The standard InChI is InChI=1S/C30H42F2N4O3/c1-4-6-10-35-11-12-36(21(3)30(35)39)20-29(38)34-27(16-24-14-25(31)17-26(32)15-24)28(37)19-33-18-23-9-7-8-22(5-2)13-23/h7-9,13-15,17,21,27-28,33,37H,4-6,10-12,16,18-20H2,1-3H3,(H,34,38)/t21-,27+,28-/m1/s1. The molecule has 0 aliphatic carbocycles. The van der Waals surface area contributed by atoms with Crippen molar-refractivity contribution in [1.29, 1.82) is 0 Å². The van der Waals surface area contributed by atoms with E-state index in [0.29, 0.717) is 31.7 Å². The van der Waals surface area contributed by atoms with E-state index in [9.17, 15) is 23.5 Å². The maximum absolute atomic E-state index is 13.8. The SMILES string of the molecule is CCCCN1CCN(CC(=O)N[C@@H](Cc2cc(F)cc(F)c2)[C@H](O)CNCc2cccc(CC)c2)[C@H](C)C1=O. The number of aliphatic hydroxyl groups is 1. The van der Waals surface area contributed by atoms with Crippen molar-refractivity contribution in [2.75, 3.05) is 32.7 Å². The van der Waals surface area contributed by atoms with Gasteiger partial charge in [0, 0.05) is 38.8 Å². The van der Waals surface area contributed by atoms with E-state index in [2.05, 4.69) is 36.6 Å². The van der Waals surface area contributed by atoms with Gasteiger partial charge in [-0.05, 0) is 55.0 Å². The molecular weight excluding hydrogens is 502 g/mol. The lowest BCUT2D eigenvalue weighted by molar-refractivity contribution is -0.142. The predicted molar refractivity (Wildman–Crippen MR) is 148 cm³/mol. The van der Waals surface area contributed by atoms with Crippen molar-refractivity contribution in [2.24, 2.45) is 0 Å². The third-order valence-electron chi connectivity index (χ3n) is 7.27. The summed E-state index contributed by atoms with van der Waals surface area (Å²) in [6.07, 6.45) is 1.90. The second-order valence-corrected chi connectivity index (χ2v) is 10.4. The van der Waals surface area contributed by atoms with Gasteiger partial charge in [0.1, 0.15) is 11.6 Å². The quantitative estimate of drug-likeness (QED) is 0.341. The van der Waals surface area contributed by atoms with Gasteiger partial charge in [0.05, 0.1) is 24.7 Å². The summed E-state index contributed by atoms with van der Waals surface area (Å²) >= 11 is 0. The fraction of sp³-hybridized carbons (Fsp3) is 0.533. The zero-order valence-corrected chi connectivity index (χ0v) is 23.3. The molecule has 3 N–H and O–H groups in total. The van der Waals surface area contributed by atoms with E-state index in [1.165, 1.54) is 17.7 Å². The lowest BCUT2D eigenvalue weighted by Crippen LogP contribution is -2.59. The van der Waals surface area contributed by atoms with Gasteiger partial charge >= 0.3 is 0 Å². The van der Waals surface area contributed by atoms with E-state index in [1.807, 2.05) is 21.9 Å². The highest BCUT2D eigenvalue weighted by Gasteiger charge is 2.32. The molecule has 1 saturated heterocycles. The second-order valence-electron chi connectivity index (χ2n) is 10.4. The van der Waals surface area contributed by atoms with Gasteiger partial charge in [0.25, 0.3) is 0 Å². The third kappa shape index (κ3) is 9.37. The number of benzene rings is 2. The number of amides is 2. The van der Waals surface area contributed by atoms with Crippen LogP contribution in [0, 0.1) is 11.6 Å². The molecule has 7 nitrogen and oxygen atoms in total. The van der Waals surface area contributed by atoms with Crippen LogP contribution in [-0.4, -0.2) is 77.6 Å². The Morgan fingerprint density at radius 3 is 2.49 bits per heavy atom. The minimum Gasteiger partial charge on any atom is -0.390 e. The Morgan fingerprint density at radius 1 is 1.08 bits per heavy atom. The van der Waals surface area contributed by atoms with Crippen LogP contribution >= 0.6 is 0 Å². The summed E-state index contributed by atoms with van der Waals surface area (Å²) in [5, 5.41) is 17.1. The molecule has 0 spiro atoms. The molecule has 9 heteroatoms. The first kappa shape index (κ1) is 30.7. The Bertz CT molecular complexity index is 1080. The molecule has 3 atom stereocenters. The number of aliphatic hydroxyl groups excluding tert-OH is 1. The molecule has 3 rings (SSSR count). The monoisotopic (exact) mass is 544 g/mol. The molecular formula is C30H42F2N4O3. The lowest BCUT2D eigenvalue weighted by atomic mass is 10.00. The van der Waals surface area contributed by atoms with Gasteiger partial charge in [-0.15, -0.1) is 0 Å². The first-order chi connectivity index (χ1) is 18.7. The van der Waals surface area contributed by atoms with Gasteiger partial charge in [-0.3, -0.25) is 14.5 Å². The average Bonchev–Trinajstić information content (AvgIpc) is 2.90. The van der Waals surface area contributed by atoms with Gasteiger partial charge in [0.15, 0.2) is 0 Å². The molecule has 214 valence electrons. The number of nitrogens with one attached hydrogen (secondary N) is 2. The lowest BCUT2D eigenvalue weighted by Gasteiger charge is -2.39. The molecule has 39 heavy (non-hydrogen) atoms. The number of carbonyl (C=O) groups is 2. The molecule has 0 unspecified atom stereocenters. The molecule has 1 aliphatic rings.